The number of anilines is 1. The van der Waals surface area contributed by atoms with Crippen molar-refractivity contribution in [1.82, 2.24) is 4.90 Å². The van der Waals surface area contributed by atoms with E-state index in [1.165, 1.54) is 11.6 Å². The van der Waals surface area contributed by atoms with E-state index in [1.807, 2.05) is 11.0 Å². The van der Waals surface area contributed by atoms with Gasteiger partial charge in [-0.2, -0.15) is 0 Å². The van der Waals surface area contributed by atoms with Gasteiger partial charge in [0.2, 0.25) is 5.91 Å². The fraction of sp³-hybridized carbons (Fsp3) is 0.381. The summed E-state index contributed by atoms with van der Waals surface area (Å²) in [5.41, 5.74) is 0.997. The quantitative estimate of drug-likeness (QED) is 0.837. The topological polar surface area (TPSA) is 32.3 Å². The lowest BCUT2D eigenvalue weighted by Crippen LogP contribution is -2.39. The number of halogens is 2. The normalized spacial score (nSPS) is 15.8. The van der Waals surface area contributed by atoms with Gasteiger partial charge in [0, 0.05) is 0 Å². The number of likely N-dealkylation sites (tertiary alicyclic amines) is 1. The molecule has 3 nitrogen and oxygen atoms in total. The number of amides is 1. The summed E-state index contributed by atoms with van der Waals surface area (Å²) in [5, 5.41) is 2.35. The molecule has 0 aromatic heterocycles. The zero-order valence-electron chi connectivity index (χ0n) is 14.8. The summed E-state index contributed by atoms with van der Waals surface area (Å²) in [6.07, 6.45) is 4.34. The van der Waals surface area contributed by atoms with E-state index in [1.54, 1.807) is 0 Å². The number of hydrogen-bond donors (Lipinski definition) is 1. The number of carbonyl (C=O) groups is 1. The Kier molecular flexibility index (Phi) is 6.34. The van der Waals surface area contributed by atoms with E-state index >= 15 is 0 Å². The van der Waals surface area contributed by atoms with Gasteiger partial charge in [0.05, 0.1) is 6.54 Å². The molecular formula is C21H24F2N2O. The molecule has 1 heterocycles. The molecule has 1 fully saturated rings. The maximum atomic E-state index is 13.6. The summed E-state index contributed by atoms with van der Waals surface area (Å²) >= 11 is 0. The number of carbonyl (C=O) groups excluding carboxylic acids is 1. The van der Waals surface area contributed by atoms with E-state index in [0.29, 0.717) is 5.92 Å². The Labute approximate surface area is 153 Å². The molecule has 138 valence electrons. The summed E-state index contributed by atoms with van der Waals surface area (Å²) in [4.78, 5) is 14.1. The van der Waals surface area contributed by atoms with Gasteiger partial charge in [-0.1, -0.05) is 36.4 Å². The van der Waals surface area contributed by atoms with Crippen LogP contribution in [0, 0.1) is 17.6 Å². The van der Waals surface area contributed by atoms with Crippen molar-refractivity contribution in [1.29, 1.82) is 0 Å². The molecule has 0 spiro atoms. The summed E-state index contributed by atoms with van der Waals surface area (Å²) in [6, 6.07) is 14.0. The lowest BCUT2D eigenvalue weighted by Gasteiger charge is -2.31. The molecule has 0 unspecified atom stereocenters. The van der Waals surface area contributed by atoms with Crippen molar-refractivity contribution in [3.05, 3.63) is 65.7 Å². The van der Waals surface area contributed by atoms with Crippen LogP contribution in [0.15, 0.2) is 48.5 Å². The maximum absolute atomic E-state index is 13.6. The fourth-order valence-corrected chi connectivity index (χ4v) is 3.45. The fourth-order valence-electron chi connectivity index (χ4n) is 3.45. The van der Waals surface area contributed by atoms with Gasteiger partial charge in [-0.25, -0.2) is 8.78 Å². The van der Waals surface area contributed by atoms with Crippen molar-refractivity contribution in [2.24, 2.45) is 5.92 Å². The average molecular weight is 358 g/mol. The van der Waals surface area contributed by atoms with Gasteiger partial charge >= 0.3 is 0 Å². The Bertz CT molecular complexity index is 708. The monoisotopic (exact) mass is 358 g/mol. The van der Waals surface area contributed by atoms with E-state index in [4.69, 9.17) is 0 Å². The van der Waals surface area contributed by atoms with Crippen molar-refractivity contribution < 1.29 is 13.6 Å². The van der Waals surface area contributed by atoms with Crippen LogP contribution >= 0.6 is 0 Å². The van der Waals surface area contributed by atoms with E-state index in [9.17, 15) is 13.6 Å². The number of para-hydroxylation sites is 1. The molecule has 2 aromatic carbocycles. The van der Waals surface area contributed by atoms with Crippen LogP contribution in [0.3, 0.4) is 0 Å². The van der Waals surface area contributed by atoms with Crippen LogP contribution in [-0.4, -0.2) is 30.4 Å². The molecule has 1 amide bonds. The number of nitrogens with zero attached hydrogens (tertiary/aromatic N) is 1. The number of rotatable bonds is 6. The van der Waals surface area contributed by atoms with Crippen LogP contribution in [0.4, 0.5) is 14.5 Å². The van der Waals surface area contributed by atoms with Gasteiger partial charge < -0.3 is 5.32 Å². The molecule has 1 saturated heterocycles. The van der Waals surface area contributed by atoms with Gasteiger partial charge in [-0.3, -0.25) is 9.69 Å². The predicted molar refractivity (Wildman–Crippen MR) is 98.9 cm³/mol. The first-order chi connectivity index (χ1) is 12.6. The number of benzene rings is 2. The van der Waals surface area contributed by atoms with Gasteiger partial charge in [-0.15, -0.1) is 0 Å². The average Bonchev–Trinajstić information content (AvgIpc) is 2.65. The molecule has 1 aliphatic heterocycles. The highest BCUT2D eigenvalue weighted by Crippen LogP contribution is 2.23. The predicted octanol–water partition coefficient (Wildman–Crippen LogP) is 4.25. The zero-order valence-corrected chi connectivity index (χ0v) is 14.8. The first-order valence-electron chi connectivity index (χ1n) is 9.12. The van der Waals surface area contributed by atoms with E-state index in [2.05, 4.69) is 29.6 Å². The van der Waals surface area contributed by atoms with Crippen LogP contribution < -0.4 is 5.32 Å². The Morgan fingerprint density at radius 2 is 1.65 bits per heavy atom. The second-order valence-corrected chi connectivity index (χ2v) is 6.89. The molecule has 1 N–H and O–H groups in total. The molecule has 0 radical (unpaired) electrons. The third-order valence-corrected chi connectivity index (χ3v) is 4.99. The minimum absolute atomic E-state index is 0.166. The molecule has 0 bridgehead atoms. The van der Waals surface area contributed by atoms with E-state index in [0.717, 1.165) is 50.9 Å². The van der Waals surface area contributed by atoms with Crippen LogP contribution in [0.1, 0.15) is 24.8 Å². The van der Waals surface area contributed by atoms with Gasteiger partial charge in [-0.05, 0) is 62.4 Å². The molecule has 26 heavy (non-hydrogen) atoms. The van der Waals surface area contributed by atoms with Gasteiger partial charge in [0.15, 0.2) is 0 Å². The highest BCUT2D eigenvalue weighted by atomic mass is 19.1. The summed E-state index contributed by atoms with van der Waals surface area (Å²) in [7, 11) is 0. The SMILES string of the molecule is O=C(CN1CCC(CCc2ccccc2)CC1)Nc1c(F)cccc1F. The molecule has 3 rings (SSSR count). The molecule has 0 aliphatic carbocycles. The summed E-state index contributed by atoms with van der Waals surface area (Å²) in [5.74, 6) is -1.22. The van der Waals surface area contributed by atoms with Crippen LogP contribution in [0.5, 0.6) is 0 Å². The molecule has 0 saturated carbocycles. The Hall–Kier alpha value is -2.27. The van der Waals surface area contributed by atoms with E-state index in [-0.39, 0.29) is 18.1 Å². The van der Waals surface area contributed by atoms with Crippen molar-refractivity contribution in [2.75, 3.05) is 25.0 Å². The van der Waals surface area contributed by atoms with Crippen molar-refractivity contribution in [3.8, 4) is 0 Å². The number of piperidine rings is 1. The van der Waals surface area contributed by atoms with Crippen LogP contribution in [-0.2, 0) is 11.2 Å². The number of aryl methyl sites for hydroxylation is 1. The molecular weight excluding hydrogens is 334 g/mol. The van der Waals surface area contributed by atoms with Crippen molar-refractivity contribution >= 4 is 11.6 Å². The van der Waals surface area contributed by atoms with Gasteiger partial charge in [0.25, 0.3) is 0 Å². The minimum atomic E-state index is -0.752. The lowest BCUT2D eigenvalue weighted by molar-refractivity contribution is -0.117. The highest BCUT2D eigenvalue weighted by molar-refractivity contribution is 5.92. The zero-order chi connectivity index (χ0) is 18.4. The second kappa shape index (κ2) is 8.90. The largest absolute Gasteiger partial charge is 0.320 e. The summed E-state index contributed by atoms with van der Waals surface area (Å²) in [6.45, 7) is 1.85. The molecule has 1 aliphatic rings. The smallest absolute Gasteiger partial charge is 0.238 e. The third kappa shape index (κ3) is 5.11. The molecule has 2 aromatic rings. The summed E-state index contributed by atoms with van der Waals surface area (Å²) < 4.78 is 27.2. The Morgan fingerprint density at radius 3 is 2.31 bits per heavy atom. The minimum Gasteiger partial charge on any atom is -0.320 e. The van der Waals surface area contributed by atoms with Crippen LogP contribution in [0.2, 0.25) is 0 Å². The van der Waals surface area contributed by atoms with Crippen LogP contribution in [0.25, 0.3) is 0 Å². The Balaban J connectivity index is 1.41. The van der Waals surface area contributed by atoms with E-state index < -0.39 is 11.6 Å². The first kappa shape index (κ1) is 18.5. The van der Waals surface area contributed by atoms with Crippen molar-refractivity contribution in [2.45, 2.75) is 25.7 Å². The lowest BCUT2D eigenvalue weighted by atomic mass is 9.90. The van der Waals surface area contributed by atoms with Crippen molar-refractivity contribution in [3.63, 3.8) is 0 Å². The molecule has 5 heteroatoms. The maximum Gasteiger partial charge on any atom is 0.238 e. The standard InChI is InChI=1S/C21H24F2N2O/c22-18-7-4-8-19(23)21(18)24-20(26)15-25-13-11-17(12-14-25)10-9-16-5-2-1-3-6-16/h1-8,17H,9-15H2,(H,24,26). The number of nitrogens with one attached hydrogen (secondary N) is 1. The highest BCUT2D eigenvalue weighted by Gasteiger charge is 2.21. The number of hydrogen-bond acceptors (Lipinski definition) is 2. The second-order valence-electron chi connectivity index (χ2n) is 6.89. The van der Waals surface area contributed by atoms with Gasteiger partial charge in [0.1, 0.15) is 17.3 Å². The first-order valence-corrected chi connectivity index (χ1v) is 9.12. The third-order valence-electron chi connectivity index (χ3n) is 4.99. The Morgan fingerprint density at radius 1 is 1.00 bits per heavy atom. The molecule has 0 atom stereocenters.